The van der Waals surface area contributed by atoms with Crippen LogP contribution < -0.4 is 0 Å². The van der Waals surface area contributed by atoms with E-state index in [-0.39, 0.29) is 0 Å². The summed E-state index contributed by atoms with van der Waals surface area (Å²) in [6.07, 6.45) is 0. The minimum atomic E-state index is 0.420. The molecule has 0 aliphatic heterocycles. The molecule has 6 aromatic rings. The summed E-state index contributed by atoms with van der Waals surface area (Å²) in [4.78, 5) is 17.5. The fourth-order valence-corrected chi connectivity index (χ4v) is 3.81. The van der Waals surface area contributed by atoms with Crippen molar-refractivity contribution in [3.05, 3.63) is 95.3 Å². The number of benzene rings is 2. The first-order valence-electron chi connectivity index (χ1n) is 10.7. The standard InChI is InChI=1S/C13H12N4.C12H9ClN4/c1-9-8-12-15-10(2)16-17(12)13(14-9)11-6-4-3-5-7-11;1-8-14-11-7-10(13)15-12(17(11)16-8)9-5-3-2-4-6-9/h3-8H,1-2H3;2-7H,1H3. The van der Waals surface area contributed by atoms with Crippen LogP contribution in [0.2, 0.25) is 5.15 Å². The predicted molar refractivity (Wildman–Crippen MR) is 132 cm³/mol. The van der Waals surface area contributed by atoms with Crippen molar-refractivity contribution in [2.75, 3.05) is 0 Å². The summed E-state index contributed by atoms with van der Waals surface area (Å²) in [5.74, 6) is 3.00. The number of fused-ring (bicyclic) bond motifs is 2. The zero-order chi connectivity index (χ0) is 23.7. The van der Waals surface area contributed by atoms with Gasteiger partial charge in [0.05, 0.1) is 0 Å². The molecule has 0 radical (unpaired) electrons. The molecule has 0 saturated heterocycles. The van der Waals surface area contributed by atoms with E-state index in [0.29, 0.717) is 22.4 Å². The van der Waals surface area contributed by atoms with Gasteiger partial charge >= 0.3 is 0 Å². The molecule has 0 atom stereocenters. The summed E-state index contributed by atoms with van der Waals surface area (Å²) >= 11 is 5.99. The Bertz CT molecular complexity index is 1470. The van der Waals surface area contributed by atoms with E-state index in [1.807, 2.05) is 87.5 Å². The quantitative estimate of drug-likeness (QED) is 0.326. The van der Waals surface area contributed by atoms with E-state index in [1.165, 1.54) is 0 Å². The van der Waals surface area contributed by atoms with Gasteiger partial charge in [-0.05, 0) is 20.8 Å². The lowest BCUT2D eigenvalue weighted by molar-refractivity contribution is 0.901. The van der Waals surface area contributed by atoms with Gasteiger partial charge in [0.25, 0.3) is 0 Å². The summed E-state index contributed by atoms with van der Waals surface area (Å²) < 4.78 is 3.49. The summed E-state index contributed by atoms with van der Waals surface area (Å²) in [6, 6.07) is 23.5. The van der Waals surface area contributed by atoms with E-state index in [4.69, 9.17) is 11.6 Å². The van der Waals surface area contributed by atoms with E-state index >= 15 is 0 Å². The Morgan fingerprint density at radius 2 is 1.06 bits per heavy atom. The Balaban J connectivity index is 0.000000142. The van der Waals surface area contributed by atoms with Crippen LogP contribution in [-0.4, -0.2) is 39.2 Å². The molecule has 0 spiro atoms. The third kappa shape index (κ3) is 4.35. The minimum Gasteiger partial charge on any atom is -0.233 e. The zero-order valence-electron chi connectivity index (χ0n) is 18.9. The number of nitrogens with zero attached hydrogens (tertiary/aromatic N) is 8. The monoisotopic (exact) mass is 468 g/mol. The number of hydrogen-bond donors (Lipinski definition) is 0. The molecule has 0 amide bonds. The number of halogens is 1. The highest BCUT2D eigenvalue weighted by Gasteiger charge is 2.11. The van der Waals surface area contributed by atoms with Gasteiger partial charge in [0.2, 0.25) is 0 Å². The van der Waals surface area contributed by atoms with E-state index in [0.717, 1.165) is 34.1 Å². The van der Waals surface area contributed by atoms with Crippen molar-refractivity contribution in [2.24, 2.45) is 0 Å². The normalized spacial score (nSPS) is 10.9. The van der Waals surface area contributed by atoms with Crippen LogP contribution in [0.25, 0.3) is 34.1 Å². The number of aromatic nitrogens is 8. The first-order valence-corrected chi connectivity index (χ1v) is 11.1. The summed E-state index contributed by atoms with van der Waals surface area (Å²) in [7, 11) is 0. The molecule has 0 saturated carbocycles. The fraction of sp³-hybridized carbons (Fsp3) is 0.120. The molecule has 34 heavy (non-hydrogen) atoms. The smallest absolute Gasteiger partial charge is 0.164 e. The van der Waals surface area contributed by atoms with Gasteiger partial charge in [0.1, 0.15) is 16.8 Å². The summed E-state index contributed by atoms with van der Waals surface area (Å²) in [6.45, 7) is 5.70. The fourth-order valence-electron chi connectivity index (χ4n) is 3.63. The molecule has 0 unspecified atom stereocenters. The third-order valence-electron chi connectivity index (χ3n) is 5.02. The second kappa shape index (κ2) is 8.99. The molecule has 2 aromatic carbocycles. The Kier molecular flexibility index (Phi) is 5.73. The van der Waals surface area contributed by atoms with Gasteiger partial charge in [-0.25, -0.2) is 19.9 Å². The van der Waals surface area contributed by atoms with Crippen LogP contribution in [-0.2, 0) is 0 Å². The topological polar surface area (TPSA) is 86.2 Å². The molecule has 4 aromatic heterocycles. The Morgan fingerprint density at radius 1 is 0.588 bits per heavy atom. The molecule has 0 aliphatic rings. The SMILES string of the molecule is Cc1cc2nc(C)nn2c(-c2ccccc2)n1.Cc1nc2cc(Cl)nc(-c3ccccc3)n2n1. The van der Waals surface area contributed by atoms with E-state index in [9.17, 15) is 0 Å². The Labute approximate surface area is 200 Å². The van der Waals surface area contributed by atoms with E-state index in [1.54, 1.807) is 15.1 Å². The van der Waals surface area contributed by atoms with Gasteiger partial charge in [0.15, 0.2) is 22.9 Å². The molecule has 8 nitrogen and oxygen atoms in total. The van der Waals surface area contributed by atoms with Gasteiger partial charge in [-0.1, -0.05) is 72.3 Å². The largest absolute Gasteiger partial charge is 0.233 e. The van der Waals surface area contributed by atoms with Crippen molar-refractivity contribution in [1.82, 2.24) is 39.2 Å². The predicted octanol–water partition coefficient (Wildman–Crippen LogP) is 5.16. The average molecular weight is 469 g/mol. The highest BCUT2D eigenvalue weighted by Crippen LogP contribution is 2.21. The van der Waals surface area contributed by atoms with Gasteiger partial charge in [-0.3, -0.25) is 0 Å². The lowest BCUT2D eigenvalue weighted by Gasteiger charge is -2.04. The minimum absolute atomic E-state index is 0.420. The second-order valence-corrected chi connectivity index (χ2v) is 8.10. The average Bonchev–Trinajstić information content (AvgIpc) is 3.40. The van der Waals surface area contributed by atoms with E-state index < -0.39 is 0 Å². The number of aryl methyl sites for hydroxylation is 3. The summed E-state index contributed by atoms with van der Waals surface area (Å²) in [5, 5.41) is 9.11. The van der Waals surface area contributed by atoms with Crippen molar-refractivity contribution in [3.63, 3.8) is 0 Å². The zero-order valence-corrected chi connectivity index (χ0v) is 19.6. The molecule has 0 fully saturated rings. The lowest BCUT2D eigenvalue weighted by Crippen LogP contribution is -1.99. The molecular formula is C25H21ClN8. The van der Waals surface area contributed by atoms with Crippen molar-refractivity contribution < 1.29 is 0 Å². The molecule has 0 bridgehead atoms. The van der Waals surface area contributed by atoms with Crippen LogP contribution in [0.5, 0.6) is 0 Å². The maximum Gasteiger partial charge on any atom is 0.164 e. The first kappa shape index (κ1) is 21.7. The maximum atomic E-state index is 5.99. The molecule has 0 N–H and O–H groups in total. The van der Waals surface area contributed by atoms with Crippen LogP contribution >= 0.6 is 11.6 Å². The van der Waals surface area contributed by atoms with Crippen LogP contribution in [0.4, 0.5) is 0 Å². The third-order valence-corrected chi connectivity index (χ3v) is 5.22. The number of rotatable bonds is 2. The summed E-state index contributed by atoms with van der Waals surface area (Å²) in [5.41, 5.74) is 4.51. The van der Waals surface area contributed by atoms with Crippen molar-refractivity contribution in [2.45, 2.75) is 20.8 Å². The van der Waals surface area contributed by atoms with Gasteiger partial charge in [-0.15, -0.1) is 10.2 Å². The van der Waals surface area contributed by atoms with Crippen molar-refractivity contribution in [3.8, 4) is 22.8 Å². The van der Waals surface area contributed by atoms with Crippen LogP contribution in [0.1, 0.15) is 17.3 Å². The van der Waals surface area contributed by atoms with Crippen LogP contribution in [0, 0.1) is 20.8 Å². The van der Waals surface area contributed by atoms with Gasteiger partial charge in [-0.2, -0.15) is 9.03 Å². The molecule has 168 valence electrons. The van der Waals surface area contributed by atoms with Crippen LogP contribution in [0.15, 0.2) is 72.8 Å². The highest BCUT2D eigenvalue weighted by molar-refractivity contribution is 6.29. The second-order valence-electron chi connectivity index (χ2n) is 7.71. The number of hydrogen-bond acceptors (Lipinski definition) is 6. The molecule has 0 aliphatic carbocycles. The maximum absolute atomic E-state index is 5.99. The highest BCUT2D eigenvalue weighted by atomic mass is 35.5. The Hall–Kier alpha value is -4.17. The van der Waals surface area contributed by atoms with Gasteiger partial charge in [0, 0.05) is 29.0 Å². The van der Waals surface area contributed by atoms with Crippen molar-refractivity contribution >= 4 is 22.9 Å². The van der Waals surface area contributed by atoms with Crippen LogP contribution in [0.3, 0.4) is 0 Å². The Morgan fingerprint density at radius 3 is 1.59 bits per heavy atom. The molecule has 9 heteroatoms. The first-order chi connectivity index (χ1) is 16.5. The lowest BCUT2D eigenvalue weighted by atomic mass is 10.2. The van der Waals surface area contributed by atoms with Crippen molar-refractivity contribution in [1.29, 1.82) is 0 Å². The molecule has 4 heterocycles. The van der Waals surface area contributed by atoms with E-state index in [2.05, 4.69) is 30.1 Å². The molecule has 6 rings (SSSR count). The van der Waals surface area contributed by atoms with Gasteiger partial charge < -0.3 is 0 Å². The molecular weight excluding hydrogens is 448 g/mol.